The van der Waals surface area contributed by atoms with Crippen LogP contribution in [0.4, 0.5) is 8.78 Å². The molecule has 1 N–H and O–H groups in total. The van der Waals surface area contributed by atoms with Gasteiger partial charge in [0.2, 0.25) is 5.91 Å². The van der Waals surface area contributed by atoms with Crippen molar-refractivity contribution in [1.82, 2.24) is 5.32 Å². The summed E-state index contributed by atoms with van der Waals surface area (Å²) in [5.41, 5.74) is 1.44. The molecule has 1 amide bonds. The first kappa shape index (κ1) is 22.9. The number of halogens is 2. The lowest BCUT2D eigenvalue weighted by Gasteiger charge is -2.17. The molecule has 0 fully saturated rings. The van der Waals surface area contributed by atoms with Crippen molar-refractivity contribution < 1.29 is 27.8 Å². The minimum atomic E-state index is -1.00. The van der Waals surface area contributed by atoms with E-state index < -0.39 is 36.0 Å². The van der Waals surface area contributed by atoms with Crippen molar-refractivity contribution in [2.45, 2.75) is 25.5 Å². The van der Waals surface area contributed by atoms with Gasteiger partial charge in [-0.3, -0.25) is 4.79 Å². The summed E-state index contributed by atoms with van der Waals surface area (Å²) in [4.78, 5) is 24.5. The Kier molecular flexibility index (Phi) is 7.91. The molecule has 0 heterocycles. The molecule has 0 aromatic heterocycles. The zero-order valence-electron chi connectivity index (χ0n) is 17.5. The van der Waals surface area contributed by atoms with Crippen molar-refractivity contribution >= 4 is 11.9 Å². The molecular formula is C25H23F2NO4. The van der Waals surface area contributed by atoms with Gasteiger partial charge in [0, 0.05) is 12.0 Å². The Morgan fingerprint density at radius 3 is 2.16 bits per heavy atom. The number of esters is 1. The summed E-state index contributed by atoms with van der Waals surface area (Å²) in [7, 11) is 1.21. The maximum atomic E-state index is 13.8. The normalized spacial score (nSPS) is 11.5. The van der Waals surface area contributed by atoms with E-state index in [9.17, 15) is 18.4 Å². The van der Waals surface area contributed by atoms with Crippen molar-refractivity contribution in [3.05, 3.63) is 101 Å². The van der Waals surface area contributed by atoms with E-state index in [1.165, 1.54) is 13.2 Å². The maximum absolute atomic E-state index is 13.8. The van der Waals surface area contributed by atoms with Gasteiger partial charge in [0.25, 0.3) is 0 Å². The Labute approximate surface area is 185 Å². The summed E-state index contributed by atoms with van der Waals surface area (Å²) < 4.78 is 38.1. The number of carbonyl (C=O) groups excluding carboxylic acids is 2. The molecule has 0 unspecified atom stereocenters. The summed E-state index contributed by atoms with van der Waals surface area (Å²) in [6, 6.07) is 19.2. The van der Waals surface area contributed by atoms with E-state index in [1.807, 2.05) is 30.3 Å². The molecule has 32 heavy (non-hydrogen) atoms. The largest absolute Gasteiger partial charge is 0.489 e. The second-order valence-corrected chi connectivity index (χ2v) is 7.14. The smallest absolute Gasteiger partial charge is 0.328 e. The Bertz CT molecular complexity index is 1040. The third-order valence-electron chi connectivity index (χ3n) is 4.83. The molecule has 0 radical (unpaired) electrons. The fraction of sp³-hybridized carbons (Fsp3) is 0.200. The number of hydrogen-bond acceptors (Lipinski definition) is 4. The molecule has 3 rings (SSSR count). The molecule has 0 saturated heterocycles. The predicted molar refractivity (Wildman–Crippen MR) is 115 cm³/mol. The molecule has 1 atom stereocenters. The minimum absolute atomic E-state index is 0.150. The molecule has 3 aromatic rings. The number of nitrogens with one attached hydrogen (secondary N) is 1. The van der Waals surface area contributed by atoms with Gasteiger partial charge in [0.15, 0.2) is 0 Å². The third-order valence-corrected chi connectivity index (χ3v) is 4.83. The highest BCUT2D eigenvalue weighted by molar-refractivity contribution is 5.85. The summed E-state index contributed by atoms with van der Waals surface area (Å²) >= 11 is 0. The van der Waals surface area contributed by atoms with Crippen molar-refractivity contribution in [2.24, 2.45) is 0 Å². The van der Waals surface area contributed by atoms with Gasteiger partial charge in [-0.2, -0.15) is 0 Å². The number of benzene rings is 3. The van der Waals surface area contributed by atoms with Crippen LogP contribution in [0, 0.1) is 11.6 Å². The second kappa shape index (κ2) is 11.0. The van der Waals surface area contributed by atoms with Crippen molar-refractivity contribution in [3.63, 3.8) is 0 Å². The SMILES string of the molecule is COC(=O)[C@H](Cc1ccc(OCc2ccccc2)cc1)NC(=O)Cc1c(F)cccc1F. The fourth-order valence-corrected chi connectivity index (χ4v) is 3.14. The van der Waals surface area contributed by atoms with Crippen LogP contribution in [0.3, 0.4) is 0 Å². The number of rotatable bonds is 9. The lowest BCUT2D eigenvalue weighted by Crippen LogP contribution is -2.43. The summed E-state index contributed by atoms with van der Waals surface area (Å²) in [5, 5.41) is 2.50. The molecule has 166 valence electrons. The highest BCUT2D eigenvalue weighted by Gasteiger charge is 2.23. The number of amides is 1. The zero-order valence-corrected chi connectivity index (χ0v) is 17.5. The molecular weight excluding hydrogens is 416 g/mol. The van der Waals surface area contributed by atoms with Gasteiger partial charge in [0.1, 0.15) is 30.0 Å². The van der Waals surface area contributed by atoms with Gasteiger partial charge in [-0.05, 0) is 35.4 Å². The van der Waals surface area contributed by atoms with Crippen LogP contribution in [0.2, 0.25) is 0 Å². The Balaban J connectivity index is 1.61. The van der Waals surface area contributed by atoms with E-state index in [0.29, 0.717) is 12.4 Å². The van der Waals surface area contributed by atoms with Gasteiger partial charge in [-0.25, -0.2) is 13.6 Å². The van der Waals surface area contributed by atoms with Crippen LogP contribution in [0.15, 0.2) is 72.8 Å². The van der Waals surface area contributed by atoms with E-state index in [4.69, 9.17) is 9.47 Å². The highest BCUT2D eigenvalue weighted by Crippen LogP contribution is 2.16. The van der Waals surface area contributed by atoms with E-state index >= 15 is 0 Å². The van der Waals surface area contributed by atoms with Crippen LogP contribution in [0.5, 0.6) is 5.75 Å². The predicted octanol–water partition coefficient (Wildman–Crippen LogP) is 3.99. The van der Waals surface area contributed by atoms with Crippen LogP contribution < -0.4 is 10.1 Å². The molecule has 0 aliphatic carbocycles. The van der Waals surface area contributed by atoms with Crippen molar-refractivity contribution in [2.75, 3.05) is 7.11 Å². The first-order valence-electron chi connectivity index (χ1n) is 10.0. The van der Waals surface area contributed by atoms with Gasteiger partial charge in [0.05, 0.1) is 13.5 Å². The van der Waals surface area contributed by atoms with E-state index in [2.05, 4.69) is 5.32 Å². The molecule has 0 saturated carbocycles. The number of hydrogen-bond donors (Lipinski definition) is 1. The molecule has 0 aliphatic rings. The topological polar surface area (TPSA) is 64.6 Å². The monoisotopic (exact) mass is 439 g/mol. The molecule has 7 heteroatoms. The Morgan fingerprint density at radius 1 is 0.875 bits per heavy atom. The van der Waals surface area contributed by atoms with E-state index in [0.717, 1.165) is 23.3 Å². The third kappa shape index (κ3) is 6.38. The first-order chi connectivity index (χ1) is 15.5. The van der Waals surface area contributed by atoms with Crippen LogP contribution in [0.1, 0.15) is 16.7 Å². The van der Waals surface area contributed by atoms with Gasteiger partial charge < -0.3 is 14.8 Å². The molecule has 0 spiro atoms. The summed E-state index contributed by atoms with van der Waals surface area (Å²) in [5.74, 6) is -2.32. The minimum Gasteiger partial charge on any atom is -0.489 e. The van der Waals surface area contributed by atoms with Crippen molar-refractivity contribution in [3.8, 4) is 5.75 Å². The quantitative estimate of drug-likeness (QED) is 0.512. The number of carbonyl (C=O) groups is 2. The standard InChI is InChI=1S/C25H23F2NO4/c1-31-25(30)23(28-24(29)15-20-21(26)8-5-9-22(20)27)14-17-10-12-19(13-11-17)32-16-18-6-3-2-4-7-18/h2-13,23H,14-16H2,1H3,(H,28,29)/t23-/m0/s1. The van der Waals surface area contributed by atoms with Crippen molar-refractivity contribution in [1.29, 1.82) is 0 Å². The van der Waals surface area contributed by atoms with Gasteiger partial charge in [-0.1, -0.05) is 48.5 Å². The van der Waals surface area contributed by atoms with Crippen LogP contribution in [0.25, 0.3) is 0 Å². The lowest BCUT2D eigenvalue weighted by molar-refractivity contribution is -0.145. The average molecular weight is 439 g/mol. The maximum Gasteiger partial charge on any atom is 0.328 e. The lowest BCUT2D eigenvalue weighted by atomic mass is 10.0. The Morgan fingerprint density at radius 2 is 1.53 bits per heavy atom. The number of ether oxygens (including phenoxy) is 2. The van der Waals surface area contributed by atoms with Gasteiger partial charge >= 0.3 is 5.97 Å². The zero-order chi connectivity index (χ0) is 22.9. The average Bonchev–Trinajstić information content (AvgIpc) is 2.81. The molecule has 0 bridgehead atoms. The van der Waals surface area contributed by atoms with Crippen LogP contribution >= 0.6 is 0 Å². The summed E-state index contributed by atoms with van der Waals surface area (Å²) in [6.45, 7) is 0.424. The van der Waals surface area contributed by atoms with Crippen LogP contribution in [-0.2, 0) is 33.8 Å². The number of methoxy groups -OCH3 is 1. The molecule has 3 aromatic carbocycles. The second-order valence-electron chi connectivity index (χ2n) is 7.14. The highest BCUT2D eigenvalue weighted by atomic mass is 19.1. The van der Waals surface area contributed by atoms with E-state index in [-0.39, 0.29) is 12.0 Å². The van der Waals surface area contributed by atoms with Gasteiger partial charge in [-0.15, -0.1) is 0 Å². The fourth-order valence-electron chi connectivity index (χ4n) is 3.14. The van der Waals surface area contributed by atoms with E-state index in [1.54, 1.807) is 24.3 Å². The summed E-state index contributed by atoms with van der Waals surface area (Å²) in [6.07, 6.45) is -0.380. The molecule has 0 aliphatic heterocycles. The first-order valence-corrected chi connectivity index (χ1v) is 10.0. The molecule has 5 nitrogen and oxygen atoms in total. The van der Waals surface area contributed by atoms with Crippen LogP contribution in [-0.4, -0.2) is 25.0 Å². The Hall–Kier alpha value is -3.74.